The maximum atomic E-state index is 11.7. The van der Waals surface area contributed by atoms with Crippen molar-refractivity contribution in [3.63, 3.8) is 0 Å². The molecule has 3 rings (SSSR count). The fourth-order valence-electron chi connectivity index (χ4n) is 2.37. The van der Waals surface area contributed by atoms with Gasteiger partial charge < -0.3 is 19.3 Å². The van der Waals surface area contributed by atoms with E-state index in [0.717, 1.165) is 0 Å². The first-order valence-electron chi connectivity index (χ1n) is 7.26. The zero-order chi connectivity index (χ0) is 16.2. The Hall–Kier alpha value is -2.95. The number of fused-ring (bicyclic) bond motifs is 1. The number of carbonyl (C=O) groups is 1. The topological polar surface area (TPSA) is 65.0 Å². The van der Waals surface area contributed by atoms with Gasteiger partial charge in [0.05, 0.1) is 12.2 Å². The minimum absolute atomic E-state index is 0.151. The van der Waals surface area contributed by atoms with Crippen LogP contribution in [0.25, 0.3) is 11.6 Å². The summed E-state index contributed by atoms with van der Waals surface area (Å²) < 4.78 is 16.1. The van der Waals surface area contributed by atoms with Crippen LogP contribution in [0.1, 0.15) is 18.1 Å². The number of para-hydroxylation sites is 1. The third kappa shape index (κ3) is 3.13. The molecule has 0 atom stereocenters. The van der Waals surface area contributed by atoms with Gasteiger partial charge in [-0.2, -0.15) is 0 Å². The number of ether oxygens (including phenoxy) is 3. The fraction of sp³-hybridized carbons (Fsp3) is 0.167. The van der Waals surface area contributed by atoms with E-state index in [-0.39, 0.29) is 12.4 Å². The van der Waals surface area contributed by atoms with Gasteiger partial charge in [-0.25, -0.2) is 4.79 Å². The second-order valence-corrected chi connectivity index (χ2v) is 4.90. The molecule has 1 N–H and O–H groups in total. The van der Waals surface area contributed by atoms with Gasteiger partial charge in [-0.1, -0.05) is 24.3 Å². The summed E-state index contributed by atoms with van der Waals surface area (Å²) in [6.07, 6.45) is 1.60. The molecule has 1 aliphatic rings. The fourth-order valence-corrected chi connectivity index (χ4v) is 2.37. The Morgan fingerprint density at radius 3 is 2.78 bits per heavy atom. The molecular formula is C18H16O5. The van der Waals surface area contributed by atoms with Crippen LogP contribution in [0.2, 0.25) is 0 Å². The van der Waals surface area contributed by atoms with Gasteiger partial charge in [0.15, 0.2) is 11.5 Å². The Morgan fingerprint density at radius 2 is 2.00 bits per heavy atom. The molecule has 0 spiro atoms. The zero-order valence-electron chi connectivity index (χ0n) is 12.6. The first-order valence-corrected chi connectivity index (χ1v) is 7.26. The van der Waals surface area contributed by atoms with Gasteiger partial charge in [-0.15, -0.1) is 0 Å². The lowest BCUT2D eigenvalue weighted by atomic mass is 10.0. The summed E-state index contributed by atoms with van der Waals surface area (Å²) in [4.78, 5) is 11.7. The summed E-state index contributed by atoms with van der Waals surface area (Å²) in [6, 6.07) is 12.4. The Morgan fingerprint density at radius 1 is 1.22 bits per heavy atom. The third-order valence-corrected chi connectivity index (χ3v) is 3.43. The summed E-state index contributed by atoms with van der Waals surface area (Å²) in [5.74, 6) is 0.797. The van der Waals surface area contributed by atoms with Gasteiger partial charge in [0.1, 0.15) is 5.75 Å². The average Bonchev–Trinajstić information content (AvgIpc) is 3.01. The number of rotatable bonds is 5. The Balaban J connectivity index is 2.04. The molecule has 0 saturated heterocycles. The highest BCUT2D eigenvalue weighted by Gasteiger charge is 2.18. The first-order chi connectivity index (χ1) is 11.2. The van der Waals surface area contributed by atoms with Gasteiger partial charge in [-0.05, 0) is 36.8 Å². The molecule has 5 heteroatoms. The Bertz CT molecular complexity index is 764. The second kappa shape index (κ2) is 6.44. The van der Waals surface area contributed by atoms with Gasteiger partial charge >= 0.3 is 5.97 Å². The van der Waals surface area contributed by atoms with Crippen LogP contribution >= 0.6 is 0 Å². The molecule has 118 valence electrons. The molecule has 2 aromatic carbocycles. The Labute approximate surface area is 133 Å². The van der Waals surface area contributed by atoms with E-state index < -0.39 is 5.97 Å². The maximum Gasteiger partial charge on any atom is 0.336 e. The van der Waals surface area contributed by atoms with Crippen molar-refractivity contribution in [3.8, 4) is 17.2 Å². The standard InChI is InChI=1S/C18H16O5/c1-2-21-15-6-4-3-5-13(15)9-14(18(19)20)12-7-8-16-17(10-12)23-11-22-16/h3-10H,2,11H2,1H3,(H,19,20)/b14-9-. The molecule has 5 nitrogen and oxygen atoms in total. The molecule has 2 aromatic rings. The number of hydrogen-bond donors (Lipinski definition) is 1. The van der Waals surface area contributed by atoms with Crippen molar-refractivity contribution in [3.05, 3.63) is 53.6 Å². The minimum atomic E-state index is -1.02. The van der Waals surface area contributed by atoms with Gasteiger partial charge in [0.2, 0.25) is 6.79 Å². The third-order valence-electron chi connectivity index (χ3n) is 3.43. The minimum Gasteiger partial charge on any atom is -0.493 e. The van der Waals surface area contributed by atoms with E-state index >= 15 is 0 Å². The van der Waals surface area contributed by atoms with Crippen LogP contribution in [0, 0.1) is 0 Å². The SMILES string of the molecule is CCOc1ccccc1/C=C(\C(=O)O)c1ccc2c(c1)OCO2. The van der Waals surface area contributed by atoms with E-state index in [1.54, 1.807) is 24.3 Å². The molecule has 0 radical (unpaired) electrons. The maximum absolute atomic E-state index is 11.7. The van der Waals surface area contributed by atoms with Gasteiger partial charge in [-0.3, -0.25) is 0 Å². The molecule has 1 aliphatic heterocycles. The van der Waals surface area contributed by atoms with Gasteiger partial charge in [0, 0.05) is 5.56 Å². The second-order valence-electron chi connectivity index (χ2n) is 4.90. The molecule has 1 heterocycles. The molecule has 0 fully saturated rings. The van der Waals surface area contributed by atoms with E-state index in [9.17, 15) is 9.90 Å². The van der Waals surface area contributed by atoms with Crippen molar-refractivity contribution in [2.45, 2.75) is 6.92 Å². The summed E-state index contributed by atoms with van der Waals surface area (Å²) in [7, 11) is 0. The number of hydrogen-bond acceptors (Lipinski definition) is 4. The first kappa shape index (κ1) is 15.0. The molecule has 23 heavy (non-hydrogen) atoms. The van der Waals surface area contributed by atoms with Crippen LogP contribution in [0.5, 0.6) is 17.2 Å². The van der Waals surface area contributed by atoms with Crippen LogP contribution < -0.4 is 14.2 Å². The van der Waals surface area contributed by atoms with Crippen molar-refractivity contribution in [2.75, 3.05) is 13.4 Å². The normalized spacial score (nSPS) is 13.0. The van der Waals surface area contributed by atoms with Crippen molar-refractivity contribution in [1.82, 2.24) is 0 Å². The molecule has 0 aromatic heterocycles. The van der Waals surface area contributed by atoms with E-state index in [1.165, 1.54) is 0 Å². The predicted molar refractivity (Wildman–Crippen MR) is 85.7 cm³/mol. The predicted octanol–water partition coefficient (Wildman–Crippen LogP) is 3.44. The largest absolute Gasteiger partial charge is 0.493 e. The van der Waals surface area contributed by atoms with Crippen molar-refractivity contribution in [1.29, 1.82) is 0 Å². The summed E-state index contributed by atoms with van der Waals surface area (Å²) in [5, 5.41) is 9.58. The molecular weight excluding hydrogens is 296 g/mol. The summed E-state index contributed by atoms with van der Waals surface area (Å²) in [6.45, 7) is 2.55. The van der Waals surface area contributed by atoms with Crippen LogP contribution in [-0.4, -0.2) is 24.5 Å². The molecule has 0 saturated carbocycles. The number of carboxylic acid groups (broad SMARTS) is 1. The highest BCUT2D eigenvalue weighted by atomic mass is 16.7. The summed E-state index contributed by atoms with van der Waals surface area (Å²) >= 11 is 0. The lowest BCUT2D eigenvalue weighted by Crippen LogP contribution is -2.01. The molecule has 0 amide bonds. The van der Waals surface area contributed by atoms with E-state index in [0.29, 0.717) is 35.0 Å². The smallest absolute Gasteiger partial charge is 0.336 e. The van der Waals surface area contributed by atoms with E-state index in [2.05, 4.69) is 0 Å². The number of benzene rings is 2. The van der Waals surface area contributed by atoms with Crippen molar-refractivity contribution < 1.29 is 24.1 Å². The van der Waals surface area contributed by atoms with Crippen LogP contribution in [0.4, 0.5) is 0 Å². The quantitative estimate of drug-likeness (QED) is 0.677. The lowest BCUT2D eigenvalue weighted by Gasteiger charge is -2.09. The number of carboxylic acids is 1. The molecule has 0 unspecified atom stereocenters. The average molecular weight is 312 g/mol. The van der Waals surface area contributed by atoms with Crippen molar-refractivity contribution >= 4 is 17.6 Å². The van der Waals surface area contributed by atoms with Crippen LogP contribution in [0.3, 0.4) is 0 Å². The monoisotopic (exact) mass is 312 g/mol. The van der Waals surface area contributed by atoms with Crippen molar-refractivity contribution in [2.24, 2.45) is 0 Å². The molecule has 0 bridgehead atoms. The van der Waals surface area contributed by atoms with Crippen LogP contribution in [0.15, 0.2) is 42.5 Å². The zero-order valence-corrected chi connectivity index (χ0v) is 12.6. The lowest BCUT2D eigenvalue weighted by molar-refractivity contribution is -0.130. The molecule has 0 aliphatic carbocycles. The van der Waals surface area contributed by atoms with Gasteiger partial charge in [0.25, 0.3) is 0 Å². The van der Waals surface area contributed by atoms with Crippen LogP contribution in [-0.2, 0) is 4.79 Å². The van der Waals surface area contributed by atoms with E-state index in [4.69, 9.17) is 14.2 Å². The highest BCUT2D eigenvalue weighted by Crippen LogP contribution is 2.35. The number of aliphatic carboxylic acids is 1. The van der Waals surface area contributed by atoms with E-state index in [1.807, 2.05) is 31.2 Å². The summed E-state index contributed by atoms with van der Waals surface area (Å²) in [5.41, 5.74) is 1.42. The Kier molecular flexibility index (Phi) is 4.19. The highest BCUT2D eigenvalue weighted by molar-refractivity contribution is 6.21.